The molecule has 3 rings (SSSR count). The van der Waals surface area contributed by atoms with Gasteiger partial charge in [0.1, 0.15) is 11.6 Å². The zero-order valence-corrected chi connectivity index (χ0v) is 11.0. The van der Waals surface area contributed by atoms with E-state index in [4.69, 9.17) is 0 Å². The summed E-state index contributed by atoms with van der Waals surface area (Å²) < 4.78 is 26.3. The summed E-state index contributed by atoms with van der Waals surface area (Å²) >= 11 is 0. The molecule has 1 N–H and O–H groups in total. The third-order valence-corrected chi connectivity index (χ3v) is 3.23. The number of aliphatic hydroxyl groups is 1. The van der Waals surface area contributed by atoms with Gasteiger partial charge in [0.2, 0.25) is 0 Å². The predicted octanol–water partition coefficient (Wildman–Crippen LogP) is 3.18. The van der Waals surface area contributed by atoms with Crippen LogP contribution in [-0.4, -0.2) is 15.1 Å². The van der Waals surface area contributed by atoms with E-state index in [1.807, 2.05) is 0 Å². The van der Waals surface area contributed by atoms with Crippen molar-refractivity contribution < 1.29 is 13.9 Å². The van der Waals surface area contributed by atoms with E-state index in [2.05, 4.69) is 9.97 Å². The monoisotopic (exact) mass is 286 g/mol. The molecule has 3 aromatic rings. The minimum atomic E-state index is -0.863. The third-order valence-electron chi connectivity index (χ3n) is 3.23. The van der Waals surface area contributed by atoms with Crippen LogP contribution in [0.5, 0.6) is 0 Å². The van der Waals surface area contributed by atoms with E-state index in [1.54, 1.807) is 30.6 Å². The molecular weight excluding hydrogens is 274 g/mol. The fourth-order valence-electron chi connectivity index (χ4n) is 2.26. The number of fused-ring (bicyclic) bond motifs is 1. The fraction of sp³-hybridized carbons (Fsp3) is 0.125. The van der Waals surface area contributed by atoms with Crippen molar-refractivity contribution >= 4 is 11.0 Å². The fourth-order valence-corrected chi connectivity index (χ4v) is 2.26. The maximum Gasteiger partial charge on any atom is 0.126 e. The van der Waals surface area contributed by atoms with Crippen molar-refractivity contribution in [2.24, 2.45) is 0 Å². The third kappa shape index (κ3) is 3.03. The number of rotatable bonds is 3. The van der Waals surface area contributed by atoms with E-state index in [0.717, 1.165) is 11.6 Å². The SMILES string of the molecule is OC(Cc1cc(F)cc(F)c1)c1ccc2nccnc2c1. The molecule has 0 fully saturated rings. The van der Waals surface area contributed by atoms with Gasteiger partial charge in [-0.05, 0) is 35.4 Å². The van der Waals surface area contributed by atoms with E-state index >= 15 is 0 Å². The lowest BCUT2D eigenvalue weighted by Crippen LogP contribution is -2.03. The van der Waals surface area contributed by atoms with Crippen molar-refractivity contribution in [3.8, 4) is 0 Å². The van der Waals surface area contributed by atoms with Crippen molar-refractivity contribution in [2.45, 2.75) is 12.5 Å². The Kier molecular flexibility index (Phi) is 3.58. The van der Waals surface area contributed by atoms with Gasteiger partial charge < -0.3 is 5.11 Å². The molecule has 2 aromatic carbocycles. The van der Waals surface area contributed by atoms with E-state index in [9.17, 15) is 13.9 Å². The average molecular weight is 286 g/mol. The Labute approximate surface area is 119 Å². The van der Waals surface area contributed by atoms with Crippen LogP contribution in [0.3, 0.4) is 0 Å². The number of aliphatic hydroxyl groups excluding tert-OH is 1. The highest BCUT2D eigenvalue weighted by molar-refractivity contribution is 5.74. The molecule has 1 aromatic heterocycles. The van der Waals surface area contributed by atoms with Gasteiger partial charge in [-0.1, -0.05) is 6.07 Å². The minimum Gasteiger partial charge on any atom is -0.388 e. The van der Waals surface area contributed by atoms with Gasteiger partial charge in [-0.25, -0.2) is 8.78 Å². The summed E-state index contributed by atoms with van der Waals surface area (Å²) in [4.78, 5) is 8.31. The highest BCUT2D eigenvalue weighted by Crippen LogP contribution is 2.22. The van der Waals surface area contributed by atoms with E-state index in [-0.39, 0.29) is 6.42 Å². The molecule has 1 unspecified atom stereocenters. The van der Waals surface area contributed by atoms with Crippen molar-refractivity contribution in [3.05, 3.63) is 71.6 Å². The van der Waals surface area contributed by atoms with Crippen LogP contribution in [0.1, 0.15) is 17.2 Å². The molecule has 1 heterocycles. The molecule has 0 aliphatic heterocycles. The van der Waals surface area contributed by atoms with Gasteiger partial charge in [0.15, 0.2) is 0 Å². The van der Waals surface area contributed by atoms with Crippen molar-refractivity contribution in [2.75, 3.05) is 0 Å². The maximum absolute atomic E-state index is 13.1. The Morgan fingerprint density at radius 3 is 2.29 bits per heavy atom. The summed E-state index contributed by atoms with van der Waals surface area (Å²) in [6.45, 7) is 0. The molecule has 0 saturated carbocycles. The van der Waals surface area contributed by atoms with E-state index in [1.165, 1.54) is 12.1 Å². The Bertz CT molecular complexity index is 772. The van der Waals surface area contributed by atoms with Gasteiger partial charge >= 0.3 is 0 Å². The van der Waals surface area contributed by atoms with Gasteiger partial charge in [0.05, 0.1) is 17.1 Å². The molecule has 106 valence electrons. The second-order valence-corrected chi connectivity index (χ2v) is 4.80. The molecule has 0 amide bonds. The lowest BCUT2D eigenvalue weighted by atomic mass is 10.0. The molecular formula is C16H12F2N2O. The molecule has 21 heavy (non-hydrogen) atoms. The van der Waals surface area contributed by atoms with Crippen LogP contribution in [-0.2, 0) is 6.42 Å². The van der Waals surface area contributed by atoms with Gasteiger partial charge in [-0.3, -0.25) is 9.97 Å². The van der Waals surface area contributed by atoms with Crippen molar-refractivity contribution in [3.63, 3.8) is 0 Å². The Balaban J connectivity index is 1.87. The Morgan fingerprint density at radius 2 is 1.57 bits per heavy atom. The topological polar surface area (TPSA) is 46.0 Å². The first-order chi connectivity index (χ1) is 10.1. The normalized spacial score (nSPS) is 12.5. The zero-order valence-electron chi connectivity index (χ0n) is 11.0. The molecule has 0 radical (unpaired) electrons. The summed E-state index contributed by atoms with van der Waals surface area (Å²) in [6.07, 6.45) is 2.42. The first kappa shape index (κ1) is 13.6. The van der Waals surface area contributed by atoms with Crippen LogP contribution >= 0.6 is 0 Å². The first-order valence-electron chi connectivity index (χ1n) is 6.45. The van der Waals surface area contributed by atoms with Crippen LogP contribution in [0.4, 0.5) is 8.78 Å². The molecule has 0 aliphatic carbocycles. The van der Waals surface area contributed by atoms with Crippen LogP contribution < -0.4 is 0 Å². The number of nitrogens with zero attached hydrogens (tertiary/aromatic N) is 2. The summed E-state index contributed by atoms with van der Waals surface area (Å²) in [5, 5.41) is 10.2. The first-order valence-corrected chi connectivity index (χ1v) is 6.45. The number of halogens is 2. The summed E-state index contributed by atoms with van der Waals surface area (Å²) in [6, 6.07) is 8.45. The number of aromatic nitrogens is 2. The van der Waals surface area contributed by atoms with Gasteiger partial charge in [0.25, 0.3) is 0 Å². The maximum atomic E-state index is 13.1. The summed E-state index contributed by atoms with van der Waals surface area (Å²) in [5.74, 6) is -1.30. The quantitative estimate of drug-likeness (QED) is 0.804. The highest BCUT2D eigenvalue weighted by Gasteiger charge is 2.11. The second kappa shape index (κ2) is 5.54. The van der Waals surface area contributed by atoms with Crippen LogP contribution in [0.25, 0.3) is 11.0 Å². The van der Waals surface area contributed by atoms with Crippen molar-refractivity contribution in [1.82, 2.24) is 9.97 Å². The lowest BCUT2D eigenvalue weighted by Gasteiger charge is -2.12. The molecule has 1 atom stereocenters. The average Bonchev–Trinajstić information content (AvgIpc) is 2.45. The largest absolute Gasteiger partial charge is 0.388 e. The molecule has 3 nitrogen and oxygen atoms in total. The second-order valence-electron chi connectivity index (χ2n) is 4.80. The highest BCUT2D eigenvalue weighted by atomic mass is 19.1. The van der Waals surface area contributed by atoms with Crippen LogP contribution in [0.15, 0.2) is 48.8 Å². The van der Waals surface area contributed by atoms with Crippen LogP contribution in [0.2, 0.25) is 0 Å². The minimum absolute atomic E-state index is 0.125. The van der Waals surface area contributed by atoms with Gasteiger partial charge in [-0.2, -0.15) is 0 Å². The Morgan fingerprint density at radius 1 is 0.905 bits per heavy atom. The lowest BCUT2D eigenvalue weighted by molar-refractivity contribution is 0.178. The molecule has 0 aliphatic rings. The standard InChI is InChI=1S/C16H12F2N2O/c17-12-5-10(6-13(18)9-12)7-16(21)11-1-2-14-15(8-11)20-4-3-19-14/h1-6,8-9,16,21H,7H2. The van der Waals surface area contributed by atoms with E-state index in [0.29, 0.717) is 16.6 Å². The van der Waals surface area contributed by atoms with Crippen molar-refractivity contribution in [1.29, 1.82) is 0 Å². The van der Waals surface area contributed by atoms with E-state index < -0.39 is 17.7 Å². The molecule has 5 heteroatoms. The number of hydrogen-bond acceptors (Lipinski definition) is 3. The summed E-state index contributed by atoms with van der Waals surface area (Å²) in [5.41, 5.74) is 2.43. The number of benzene rings is 2. The zero-order chi connectivity index (χ0) is 14.8. The van der Waals surface area contributed by atoms with Gasteiger partial charge in [0, 0.05) is 24.9 Å². The van der Waals surface area contributed by atoms with Gasteiger partial charge in [-0.15, -0.1) is 0 Å². The Hall–Kier alpha value is -2.40. The molecule has 0 spiro atoms. The smallest absolute Gasteiger partial charge is 0.126 e. The summed E-state index contributed by atoms with van der Waals surface area (Å²) in [7, 11) is 0. The predicted molar refractivity (Wildman–Crippen MR) is 74.6 cm³/mol. The number of hydrogen-bond donors (Lipinski definition) is 1. The molecule has 0 saturated heterocycles. The molecule has 0 bridgehead atoms. The van der Waals surface area contributed by atoms with Crippen LogP contribution in [0, 0.1) is 11.6 Å².